The predicted molar refractivity (Wildman–Crippen MR) is 83.9 cm³/mol. The van der Waals surface area contributed by atoms with Gasteiger partial charge in [0.2, 0.25) is 0 Å². The normalized spacial score (nSPS) is 28.4. The van der Waals surface area contributed by atoms with Gasteiger partial charge in [0.15, 0.2) is 0 Å². The zero-order valence-corrected chi connectivity index (χ0v) is 13.2. The van der Waals surface area contributed by atoms with Gasteiger partial charge >= 0.3 is 5.97 Å². The molecule has 3 rings (SSSR count). The summed E-state index contributed by atoms with van der Waals surface area (Å²) in [5.74, 6) is 1.36. The van der Waals surface area contributed by atoms with Crippen LogP contribution in [0.1, 0.15) is 63.0 Å². The predicted octanol–water partition coefficient (Wildman–Crippen LogP) is 4.88. The van der Waals surface area contributed by atoms with E-state index in [0.29, 0.717) is 5.92 Å². The van der Waals surface area contributed by atoms with Gasteiger partial charge in [0, 0.05) is 13.3 Å². The van der Waals surface area contributed by atoms with E-state index in [1.165, 1.54) is 36.5 Å². The molecule has 112 valence electrons. The summed E-state index contributed by atoms with van der Waals surface area (Å²) in [6.45, 7) is 5.96. The largest absolute Gasteiger partial charge is 0.431 e. The fourth-order valence-electron chi connectivity index (χ4n) is 3.75. The quantitative estimate of drug-likeness (QED) is 0.739. The number of rotatable bonds is 3. The molecule has 0 bridgehead atoms. The highest BCUT2D eigenvalue weighted by Gasteiger charge is 2.54. The lowest BCUT2D eigenvalue weighted by Gasteiger charge is -2.25. The van der Waals surface area contributed by atoms with E-state index in [2.05, 4.69) is 38.1 Å². The van der Waals surface area contributed by atoms with Gasteiger partial charge in [0.1, 0.15) is 5.76 Å². The van der Waals surface area contributed by atoms with E-state index in [0.717, 1.165) is 25.0 Å². The maximum absolute atomic E-state index is 11.3. The highest BCUT2D eigenvalue weighted by atomic mass is 16.5. The summed E-state index contributed by atoms with van der Waals surface area (Å²) >= 11 is 0. The van der Waals surface area contributed by atoms with Crippen molar-refractivity contribution < 1.29 is 9.53 Å². The number of hydrogen-bond donors (Lipinski definition) is 0. The second-order valence-corrected chi connectivity index (χ2v) is 6.79. The molecule has 1 aromatic rings. The molecule has 1 fully saturated rings. The third-order valence-electron chi connectivity index (χ3n) is 5.09. The number of hydrogen-bond acceptors (Lipinski definition) is 2. The maximum Gasteiger partial charge on any atom is 0.307 e. The van der Waals surface area contributed by atoms with Crippen LogP contribution in [-0.4, -0.2) is 5.97 Å². The second-order valence-electron chi connectivity index (χ2n) is 6.79. The van der Waals surface area contributed by atoms with E-state index < -0.39 is 0 Å². The van der Waals surface area contributed by atoms with Gasteiger partial charge in [-0.05, 0) is 55.1 Å². The minimum atomic E-state index is -0.180. The average Bonchev–Trinajstić information content (AvgIpc) is 3.13. The Kier molecular flexibility index (Phi) is 3.64. The Bertz CT molecular complexity index is 582. The molecule has 0 N–H and O–H groups in total. The lowest BCUT2D eigenvalue weighted by Crippen LogP contribution is -2.14. The van der Waals surface area contributed by atoms with Crippen LogP contribution in [0, 0.1) is 12.3 Å². The fraction of sp³-hybridized carbons (Fsp3) is 0.526. The second kappa shape index (κ2) is 5.32. The molecule has 0 saturated heterocycles. The molecule has 21 heavy (non-hydrogen) atoms. The van der Waals surface area contributed by atoms with Gasteiger partial charge in [-0.2, -0.15) is 0 Å². The molecule has 0 spiro atoms. The maximum atomic E-state index is 11.3. The summed E-state index contributed by atoms with van der Waals surface area (Å²) in [7, 11) is 0. The van der Waals surface area contributed by atoms with Crippen LogP contribution >= 0.6 is 0 Å². The highest BCUT2D eigenvalue weighted by Crippen LogP contribution is 2.65. The molecule has 1 aromatic carbocycles. The van der Waals surface area contributed by atoms with Gasteiger partial charge in [0.25, 0.3) is 0 Å². The van der Waals surface area contributed by atoms with E-state index in [4.69, 9.17) is 4.74 Å². The van der Waals surface area contributed by atoms with Crippen LogP contribution in [0.3, 0.4) is 0 Å². The third kappa shape index (κ3) is 2.76. The van der Waals surface area contributed by atoms with Crippen LogP contribution in [0.25, 0.3) is 0 Å². The Morgan fingerprint density at radius 3 is 2.52 bits per heavy atom. The topological polar surface area (TPSA) is 26.3 Å². The number of allylic oxidation sites excluding steroid dienone is 2. The van der Waals surface area contributed by atoms with Crippen molar-refractivity contribution in [2.24, 2.45) is 5.41 Å². The first-order chi connectivity index (χ1) is 10.0. The molecule has 0 aromatic heterocycles. The summed E-state index contributed by atoms with van der Waals surface area (Å²) in [6.07, 6.45) is 5.54. The molecule has 2 aliphatic carbocycles. The standard InChI is InChI=1S/C19H24O2/c1-13-8-10-15(11-9-13)17-12-19(17,3)16-6-4-5-7-18(16)21-14(2)20/h8-11,17H,4-7,12H2,1-3H3/t17-,19+/m0/s1. The van der Waals surface area contributed by atoms with Gasteiger partial charge in [0.05, 0.1) is 0 Å². The molecule has 0 heterocycles. The van der Waals surface area contributed by atoms with E-state index >= 15 is 0 Å². The average molecular weight is 284 g/mol. The Morgan fingerprint density at radius 2 is 1.86 bits per heavy atom. The Hall–Kier alpha value is -1.57. The van der Waals surface area contributed by atoms with Crippen molar-refractivity contribution in [3.05, 3.63) is 46.7 Å². The van der Waals surface area contributed by atoms with Crippen LogP contribution in [0.15, 0.2) is 35.6 Å². The Balaban J connectivity index is 1.86. The minimum absolute atomic E-state index is 0.180. The SMILES string of the molecule is CC(=O)OC1=C([C@@]2(C)C[C@H]2c2ccc(C)cc2)CCCC1. The van der Waals surface area contributed by atoms with Crippen LogP contribution < -0.4 is 0 Å². The lowest BCUT2D eigenvalue weighted by atomic mass is 9.84. The number of benzene rings is 1. The summed E-state index contributed by atoms with van der Waals surface area (Å²) in [4.78, 5) is 11.3. The van der Waals surface area contributed by atoms with Crippen LogP contribution in [-0.2, 0) is 9.53 Å². The number of esters is 1. The van der Waals surface area contributed by atoms with Crippen LogP contribution in [0.4, 0.5) is 0 Å². The summed E-state index contributed by atoms with van der Waals surface area (Å²) in [6, 6.07) is 8.88. The molecule has 0 aliphatic heterocycles. The Morgan fingerprint density at radius 1 is 1.19 bits per heavy atom. The van der Waals surface area contributed by atoms with Gasteiger partial charge in [-0.1, -0.05) is 36.8 Å². The molecule has 0 radical (unpaired) electrons. The van der Waals surface area contributed by atoms with Crippen molar-refractivity contribution in [3.63, 3.8) is 0 Å². The number of carbonyl (C=O) groups excluding carboxylic acids is 1. The van der Waals surface area contributed by atoms with Crippen molar-refractivity contribution in [2.75, 3.05) is 0 Å². The minimum Gasteiger partial charge on any atom is -0.431 e. The van der Waals surface area contributed by atoms with Crippen molar-refractivity contribution >= 4 is 5.97 Å². The first-order valence-electron chi connectivity index (χ1n) is 7.98. The lowest BCUT2D eigenvalue weighted by molar-refractivity contribution is -0.137. The number of carbonyl (C=O) groups is 1. The molecule has 0 unspecified atom stereocenters. The summed E-state index contributed by atoms with van der Waals surface area (Å²) in [5, 5.41) is 0. The van der Waals surface area contributed by atoms with Crippen molar-refractivity contribution in [2.45, 2.75) is 58.8 Å². The molecule has 0 amide bonds. The monoisotopic (exact) mass is 284 g/mol. The third-order valence-corrected chi connectivity index (χ3v) is 5.09. The van der Waals surface area contributed by atoms with Crippen molar-refractivity contribution in [3.8, 4) is 0 Å². The molecule has 2 atom stereocenters. The number of ether oxygens (including phenoxy) is 1. The van der Waals surface area contributed by atoms with E-state index in [9.17, 15) is 4.79 Å². The van der Waals surface area contributed by atoms with Crippen molar-refractivity contribution in [1.82, 2.24) is 0 Å². The van der Waals surface area contributed by atoms with Crippen molar-refractivity contribution in [1.29, 1.82) is 0 Å². The molecule has 2 nitrogen and oxygen atoms in total. The molecular formula is C19H24O2. The van der Waals surface area contributed by atoms with E-state index in [-0.39, 0.29) is 11.4 Å². The zero-order chi connectivity index (χ0) is 15.0. The van der Waals surface area contributed by atoms with E-state index in [1.54, 1.807) is 0 Å². The number of aryl methyl sites for hydroxylation is 1. The zero-order valence-electron chi connectivity index (χ0n) is 13.2. The van der Waals surface area contributed by atoms with E-state index in [1.807, 2.05) is 0 Å². The molecule has 1 saturated carbocycles. The first kappa shape index (κ1) is 14.4. The Labute approximate surface area is 127 Å². The van der Waals surface area contributed by atoms with Gasteiger partial charge in [-0.15, -0.1) is 0 Å². The molecular weight excluding hydrogens is 260 g/mol. The highest BCUT2D eigenvalue weighted by molar-refractivity contribution is 5.67. The molecule has 2 aliphatic rings. The fourth-order valence-corrected chi connectivity index (χ4v) is 3.75. The molecule has 2 heteroatoms. The smallest absolute Gasteiger partial charge is 0.307 e. The van der Waals surface area contributed by atoms with Gasteiger partial charge < -0.3 is 4.74 Å². The van der Waals surface area contributed by atoms with Crippen LogP contribution in [0.2, 0.25) is 0 Å². The summed E-state index contributed by atoms with van der Waals surface area (Å²) < 4.78 is 5.51. The van der Waals surface area contributed by atoms with Crippen LogP contribution in [0.5, 0.6) is 0 Å². The van der Waals surface area contributed by atoms with Gasteiger partial charge in [-0.25, -0.2) is 0 Å². The first-order valence-corrected chi connectivity index (χ1v) is 7.98. The van der Waals surface area contributed by atoms with Gasteiger partial charge in [-0.3, -0.25) is 4.79 Å². The summed E-state index contributed by atoms with van der Waals surface area (Å²) in [5.41, 5.74) is 4.32.